The predicted molar refractivity (Wildman–Crippen MR) is 107 cm³/mol. The van der Waals surface area contributed by atoms with E-state index in [4.69, 9.17) is 9.94 Å². The summed E-state index contributed by atoms with van der Waals surface area (Å²) in [4.78, 5) is 32.5. The highest BCUT2D eigenvalue weighted by Crippen LogP contribution is 2.33. The number of unbranched alkanes of at least 4 members (excludes halogenated alkanes) is 1. The summed E-state index contributed by atoms with van der Waals surface area (Å²) in [7, 11) is 0. The zero-order chi connectivity index (χ0) is 23.4. The second-order valence-corrected chi connectivity index (χ2v) is 8.61. The first-order chi connectivity index (χ1) is 14.3. The molecule has 0 spiro atoms. The molecule has 2 amide bonds. The fourth-order valence-corrected chi connectivity index (χ4v) is 3.34. The Bertz CT molecular complexity index is 1020. The molecule has 8 nitrogen and oxygen atoms in total. The fourth-order valence-electron chi connectivity index (χ4n) is 2.36. The third-order valence-electron chi connectivity index (χ3n) is 3.97. The highest BCUT2D eigenvalue weighted by molar-refractivity contribution is 7.09. The highest BCUT2D eigenvalue weighted by atomic mass is 32.1. The van der Waals surface area contributed by atoms with Crippen LogP contribution in [0, 0.1) is 0 Å². The Morgan fingerprint density at radius 1 is 1.29 bits per heavy atom. The van der Waals surface area contributed by atoms with Gasteiger partial charge < -0.3 is 9.94 Å². The van der Waals surface area contributed by atoms with Crippen molar-refractivity contribution in [2.45, 2.75) is 58.7 Å². The number of aromatic nitrogens is 2. The van der Waals surface area contributed by atoms with Crippen molar-refractivity contribution in [2.75, 3.05) is 0 Å². The molecular weight excluding hydrogens is 437 g/mol. The van der Waals surface area contributed by atoms with Crippen molar-refractivity contribution in [3.63, 3.8) is 0 Å². The number of amides is 2. The van der Waals surface area contributed by atoms with E-state index in [1.54, 1.807) is 10.2 Å². The number of carbonyl (C=O) groups excluding carboxylic acids is 1. The van der Waals surface area contributed by atoms with E-state index in [1.807, 2.05) is 27.7 Å². The monoisotopic (exact) mass is 460 g/mol. The molecule has 0 saturated carbocycles. The van der Waals surface area contributed by atoms with E-state index >= 15 is 0 Å². The van der Waals surface area contributed by atoms with Gasteiger partial charge in [0.25, 0.3) is 5.91 Å². The van der Waals surface area contributed by atoms with Crippen molar-refractivity contribution in [3.8, 4) is 5.75 Å². The van der Waals surface area contributed by atoms with Crippen LogP contribution in [0.2, 0.25) is 0 Å². The van der Waals surface area contributed by atoms with E-state index in [0.29, 0.717) is 23.7 Å². The fraction of sp³-hybridized carbons (Fsp3) is 0.474. The van der Waals surface area contributed by atoms with Crippen LogP contribution >= 0.6 is 11.3 Å². The topological polar surface area (TPSA) is 106 Å². The lowest BCUT2D eigenvalue weighted by Crippen LogP contribution is -2.26. The number of alkyl halides is 3. The van der Waals surface area contributed by atoms with Gasteiger partial charge in [-0.25, -0.2) is 9.48 Å². The predicted octanol–water partition coefficient (Wildman–Crippen LogP) is 4.36. The van der Waals surface area contributed by atoms with Gasteiger partial charge in [-0.05, 0) is 24.6 Å². The van der Waals surface area contributed by atoms with Crippen molar-refractivity contribution in [2.24, 2.45) is 4.99 Å². The van der Waals surface area contributed by atoms with Crippen molar-refractivity contribution in [1.29, 1.82) is 0 Å². The van der Waals surface area contributed by atoms with Gasteiger partial charge in [-0.2, -0.15) is 28.7 Å². The third kappa shape index (κ3) is 6.54. The van der Waals surface area contributed by atoms with Gasteiger partial charge in [-0.1, -0.05) is 45.5 Å². The number of benzene rings is 1. The first kappa shape index (κ1) is 24.4. The molecule has 12 heteroatoms. The number of nitrogens with zero attached hydrogens (tertiary/aromatic N) is 3. The zero-order valence-corrected chi connectivity index (χ0v) is 18.2. The van der Waals surface area contributed by atoms with Gasteiger partial charge >= 0.3 is 12.3 Å². The lowest BCUT2D eigenvalue weighted by molar-refractivity contribution is -0.137. The normalized spacial score (nSPS) is 12.7. The average molecular weight is 460 g/mol. The number of aryl methyl sites for hydroxylation is 1. The van der Waals surface area contributed by atoms with Crippen LogP contribution in [0.3, 0.4) is 0 Å². The number of hydroxylamine groups is 1. The van der Waals surface area contributed by atoms with E-state index in [2.05, 4.69) is 10.1 Å². The van der Waals surface area contributed by atoms with Gasteiger partial charge in [0, 0.05) is 12.0 Å². The van der Waals surface area contributed by atoms with Gasteiger partial charge in [-0.15, -0.1) is 0 Å². The first-order valence-corrected chi connectivity index (χ1v) is 10.2. The molecule has 1 aromatic heterocycles. The maximum atomic E-state index is 13.1. The molecule has 31 heavy (non-hydrogen) atoms. The number of carboxylic acid groups (broad SMARTS) is 1. The van der Waals surface area contributed by atoms with Crippen molar-refractivity contribution >= 4 is 23.3 Å². The SMILES string of the molecule is CCCCn1nc(C(C)(C)C)sc1=NC(=O)c1cc(C(F)(F)F)ccc1ONC(=O)O. The Morgan fingerprint density at radius 3 is 2.52 bits per heavy atom. The summed E-state index contributed by atoms with van der Waals surface area (Å²) < 4.78 is 41.0. The molecule has 0 fully saturated rings. The van der Waals surface area contributed by atoms with Crippen LogP contribution in [-0.2, 0) is 18.1 Å². The van der Waals surface area contributed by atoms with Crippen LogP contribution in [0.15, 0.2) is 23.2 Å². The second-order valence-electron chi connectivity index (χ2n) is 7.65. The molecule has 0 saturated heterocycles. The third-order valence-corrected chi connectivity index (χ3v) is 5.34. The van der Waals surface area contributed by atoms with Gasteiger partial charge in [0.2, 0.25) is 4.80 Å². The molecule has 2 rings (SSSR count). The number of carbonyl (C=O) groups is 2. The second kappa shape index (κ2) is 9.50. The molecule has 1 heterocycles. The van der Waals surface area contributed by atoms with Gasteiger partial charge in [0.15, 0.2) is 5.75 Å². The van der Waals surface area contributed by atoms with Crippen LogP contribution in [0.25, 0.3) is 0 Å². The maximum absolute atomic E-state index is 13.1. The Morgan fingerprint density at radius 2 is 1.97 bits per heavy atom. The summed E-state index contributed by atoms with van der Waals surface area (Å²) in [5.41, 5.74) is -0.367. The Labute approximate surface area is 180 Å². The van der Waals surface area contributed by atoms with Crippen LogP contribution in [-0.4, -0.2) is 26.9 Å². The minimum absolute atomic E-state index is 0.234. The van der Waals surface area contributed by atoms with Crippen molar-refractivity contribution in [3.05, 3.63) is 39.1 Å². The van der Waals surface area contributed by atoms with Crippen molar-refractivity contribution < 1.29 is 32.7 Å². The minimum atomic E-state index is -4.71. The molecule has 0 aliphatic carbocycles. The molecule has 0 atom stereocenters. The van der Waals surface area contributed by atoms with E-state index in [9.17, 15) is 22.8 Å². The largest absolute Gasteiger partial charge is 0.463 e. The van der Waals surface area contributed by atoms with Gasteiger partial charge in [0.1, 0.15) is 5.01 Å². The summed E-state index contributed by atoms with van der Waals surface area (Å²) in [5.74, 6) is -1.41. The van der Waals surface area contributed by atoms with Crippen LogP contribution < -0.4 is 15.1 Å². The molecule has 1 aromatic carbocycles. The van der Waals surface area contributed by atoms with E-state index in [1.165, 1.54) is 11.3 Å². The maximum Gasteiger partial charge on any atom is 0.438 e. The average Bonchev–Trinajstić information content (AvgIpc) is 3.06. The first-order valence-electron chi connectivity index (χ1n) is 9.37. The number of halogens is 3. The molecule has 0 aliphatic rings. The smallest absolute Gasteiger partial charge is 0.438 e. The van der Waals surface area contributed by atoms with Gasteiger partial charge in [-0.3, -0.25) is 4.79 Å². The molecule has 170 valence electrons. The van der Waals surface area contributed by atoms with E-state index < -0.39 is 35.1 Å². The Hall–Kier alpha value is -2.89. The molecular formula is C19H23F3N4O4S. The molecule has 0 radical (unpaired) electrons. The molecule has 2 N–H and O–H groups in total. The highest BCUT2D eigenvalue weighted by Gasteiger charge is 2.32. The van der Waals surface area contributed by atoms with Crippen LogP contribution in [0.1, 0.15) is 61.5 Å². The van der Waals surface area contributed by atoms with Gasteiger partial charge in [0.05, 0.1) is 11.1 Å². The summed E-state index contributed by atoms with van der Waals surface area (Å²) >= 11 is 1.17. The summed E-state index contributed by atoms with van der Waals surface area (Å²) in [6, 6.07) is 2.12. The Kier molecular flexibility index (Phi) is 7.47. The van der Waals surface area contributed by atoms with Crippen LogP contribution in [0.5, 0.6) is 5.75 Å². The standard InChI is InChI=1S/C19H23F3N4O4S/c1-5-6-9-26-16(31-15(24-26)18(2,3)4)23-14(27)12-10-11(19(20,21)22)7-8-13(12)30-25-17(28)29/h7-8,10,25H,5-6,9H2,1-4H3,(H,28,29). The summed E-state index contributed by atoms with van der Waals surface area (Å²) in [6.07, 6.45) is -4.65. The van der Waals surface area contributed by atoms with E-state index in [-0.39, 0.29) is 10.2 Å². The van der Waals surface area contributed by atoms with Crippen molar-refractivity contribution in [1.82, 2.24) is 15.3 Å². The summed E-state index contributed by atoms with van der Waals surface area (Å²) in [5, 5.41) is 13.9. The zero-order valence-electron chi connectivity index (χ0n) is 17.4. The van der Waals surface area contributed by atoms with E-state index in [0.717, 1.165) is 18.9 Å². The number of nitrogens with one attached hydrogen (secondary N) is 1. The molecule has 0 unspecified atom stereocenters. The molecule has 0 aliphatic heterocycles. The summed E-state index contributed by atoms with van der Waals surface area (Å²) in [6.45, 7) is 8.30. The lowest BCUT2D eigenvalue weighted by Gasteiger charge is -2.12. The Balaban J connectivity index is 2.57. The molecule has 0 bridgehead atoms. The molecule has 2 aromatic rings. The minimum Gasteiger partial charge on any atom is -0.463 e. The number of hydrogen-bond acceptors (Lipinski definition) is 5. The number of rotatable bonds is 6. The number of hydrogen-bond donors (Lipinski definition) is 2. The lowest BCUT2D eigenvalue weighted by atomic mass is 9.98. The van der Waals surface area contributed by atoms with Crippen LogP contribution in [0.4, 0.5) is 18.0 Å². The quantitative estimate of drug-likeness (QED) is 0.623.